The van der Waals surface area contributed by atoms with Crippen molar-refractivity contribution in [1.29, 1.82) is 0 Å². The van der Waals surface area contributed by atoms with Crippen molar-refractivity contribution in [2.24, 2.45) is 13.5 Å². The Bertz CT molecular complexity index is 425. The summed E-state index contributed by atoms with van der Waals surface area (Å²) in [6.07, 6.45) is 0. The molecule has 0 fully saturated rings. The molecule has 0 aromatic heterocycles. The Kier molecular flexibility index (Phi) is 3.79. The molecule has 0 aromatic rings. The second-order valence-electron chi connectivity index (χ2n) is 3.41. The van der Waals surface area contributed by atoms with Crippen LogP contribution in [0.15, 0.2) is 13.5 Å². The van der Waals surface area contributed by atoms with Crippen LogP contribution in [-0.4, -0.2) is 37.5 Å². The molecule has 0 spiro atoms. The Balaban J connectivity index is 3.63. The van der Waals surface area contributed by atoms with E-state index in [0.29, 0.717) is 0 Å². The summed E-state index contributed by atoms with van der Waals surface area (Å²) >= 11 is 0. The first-order chi connectivity index (χ1) is 7.01. The van der Waals surface area contributed by atoms with E-state index in [2.05, 4.69) is 13.5 Å². The van der Waals surface area contributed by atoms with Crippen molar-refractivity contribution in [3.8, 4) is 0 Å². The van der Waals surface area contributed by atoms with Gasteiger partial charge in [-0.15, -0.1) is 21.3 Å². The van der Waals surface area contributed by atoms with Crippen LogP contribution in [0.2, 0.25) is 0 Å². The second kappa shape index (κ2) is 4.21. The van der Waals surface area contributed by atoms with E-state index in [1.807, 2.05) is 0 Å². The lowest BCUT2D eigenvalue weighted by atomic mass is 11.3. The summed E-state index contributed by atoms with van der Waals surface area (Å²) in [4.78, 5) is 0. The average Bonchev–Trinajstić information content (AvgIpc) is 1.96. The molecule has 1 heterocycles. The predicted molar refractivity (Wildman–Crippen MR) is 59.9 cm³/mol. The summed E-state index contributed by atoms with van der Waals surface area (Å²) in [5.74, 6) is 0. The van der Waals surface area contributed by atoms with Gasteiger partial charge in [-0.25, -0.2) is 9.34 Å². The minimum atomic E-state index is -5.27. The first-order valence-corrected chi connectivity index (χ1v) is 8.62. The highest BCUT2D eigenvalue weighted by Gasteiger charge is 2.41. The molecule has 16 heavy (non-hydrogen) atoms. The third-order valence-corrected chi connectivity index (χ3v) is 9.25. The van der Waals surface area contributed by atoms with Gasteiger partial charge in [0.2, 0.25) is 7.51 Å². The SMILES string of the molecule is CN(C)P1(N(C)C)=NP(F)(F)=NP(F)(F)=N1. The molecule has 0 saturated heterocycles. The number of hydrogen-bond acceptors (Lipinski definition) is 5. The van der Waals surface area contributed by atoms with Gasteiger partial charge >= 0.3 is 15.7 Å². The number of rotatable bonds is 2. The van der Waals surface area contributed by atoms with Crippen molar-refractivity contribution >= 4 is 23.2 Å². The number of hydrogen-bond donors (Lipinski definition) is 0. The molecule has 12 heteroatoms. The predicted octanol–water partition coefficient (Wildman–Crippen LogP) is 4.84. The Morgan fingerprint density at radius 1 is 0.688 bits per heavy atom. The van der Waals surface area contributed by atoms with Gasteiger partial charge in [-0.1, -0.05) is 0 Å². The number of halogens is 4. The maximum atomic E-state index is 13.2. The van der Waals surface area contributed by atoms with E-state index >= 15 is 0 Å². The van der Waals surface area contributed by atoms with Gasteiger partial charge in [0.05, 0.1) is 0 Å². The lowest BCUT2D eigenvalue weighted by molar-refractivity contribution is 0.558. The molecule has 0 N–H and O–H groups in total. The molecule has 0 bridgehead atoms. The third-order valence-electron chi connectivity index (χ3n) is 1.74. The average molecular weight is 299 g/mol. The van der Waals surface area contributed by atoms with Crippen molar-refractivity contribution in [2.45, 2.75) is 0 Å². The van der Waals surface area contributed by atoms with Crippen LogP contribution in [0, 0.1) is 0 Å². The fourth-order valence-corrected chi connectivity index (χ4v) is 9.17. The van der Waals surface area contributed by atoms with Crippen LogP contribution < -0.4 is 0 Å². The van der Waals surface area contributed by atoms with E-state index in [0.717, 1.165) is 0 Å². The largest absolute Gasteiger partial charge is 0.423 e. The third kappa shape index (κ3) is 2.77. The van der Waals surface area contributed by atoms with Crippen molar-refractivity contribution < 1.29 is 16.8 Å². The van der Waals surface area contributed by atoms with Crippen molar-refractivity contribution in [2.75, 3.05) is 28.2 Å². The molecule has 1 aliphatic rings. The molecule has 5 nitrogen and oxygen atoms in total. The second-order valence-corrected chi connectivity index (χ2v) is 10.1. The Hall–Kier alpha value is 0.330. The van der Waals surface area contributed by atoms with Crippen molar-refractivity contribution in [3.05, 3.63) is 0 Å². The van der Waals surface area contributed by atoms with Gasteiger partial charge in [-0.3, -0.25) is 0 Å². The van der Waals surface area contributed by atoms with Crippen LogP contribution in [0.3, 0.4) is 0 Å². The van der Waals surface area contributed by atoms with Crippen LogP contribution in [0.25, 0.3) is 0 Å². The van der Waals surface area contributed by atoms with Crippen LogP contribution in [0.1, 0.15) is 0 Å². The van der Waals surface area contributed by atoms with Gasteiger partial charge in [-0.2, -0.15) is 9.03 Å². The summed E-state index contributed by atoms with van der Waals surface area (Å²) in [7, 11) is -8.25. The molecule has 0 aliphatic carbocycles. The molecule has 0 unspecified atom stereocenters. The maximum absolute atomic E-state index is 13.2. The summed E-state index contributed by atoms with van der Waals surface area (Å²) in [5, 5.41) is 0. The molecule has 1 aliphatic heterocycles. The van der Waals surface area contributed by atoms with E-state index in [1.54, 1.807) is 0 Å². The molecule has 0 saturated carbocycles. The minimum absolute atomic E-state index is 1.23. The summed E-state index contributed by atoms with van der Waals surface area (Å²) < 4.78 is 63.7. The molecule has 0 radical (unpaired) electrons. The maximum Gasteiger partial charge on any atom is 0.423 e. The monoisotopic (exact) mass is 299 g/mol. The highest BCUT2D eigenvalue weighted by molar-refractivity contribution is 7.79. The Labute approximate surface area is 91.7 Å². The molecular weight excluding hydrogens is 287 g/mol. The van der Waals surface area contributed by atoms with E-state index < -0.39 is 23.2 Å². The zero-order chi connectivity index (χ0) is 12.8. The molecule has 1 rings (SSSR count). The quantitative estimate of drug-likeness (QED) is 0.541. The topological polar surface area (TPSA) is 43.6 Å². The highest BCUT2D eigenvalue weighted by Crippen LogP contribution is 2.81. The van der Waals surface area contributed by atoms with Gasteiger partial charge in [0, 0.05) is 0 Å². The fourth-order valence-electron chi connectivity index (χ4n) is 1.15. The van der Waals surface area contributed by atoms with Crippen LogP contribution in [0.5, 0.6) is 0 Å². The lowest BCUT2D eigenvalue weighted by Crippen LogP contribution is -2.19. The summed E-state index contributed by atoms with van der Waals surface area (Å²) in [5.41, 5.74) is 0. The highest BCUT2D eigenvalue weighted by atomic mass is 31.3. The van der Waals surface area contributed by atoms with E-state index in [1.165, 1.54) is 37.5 Å². The summed E-state index contributed by atoms with van der Waals surface area (Å²) in [6.45, 7) is 0. The molecule has 0 aromatic carbocycles. The molecule has 96 valence electrons. The summed E-state index contributed by atoms with van der Waals surface area (Å²) in [6, 6.07) is 0. The van der Waals surface area contributed by atoms with Crippen LogP contribution >= 0.6 is 23.2 Å². The lowest BCUT2D eigenvalue weighted by Gasteiger charge is -2.33. The first kappa shape index (κ1) is 14.4. The zero-order valence-electron chi connectivity index (χ0n) is 9.09. The first-order valence-electron chi connectivity index (χ1n) is 4.06. The van der Waals surface area contributed by atoms with Crippen LogP contribution in [0.4, 0.5) is 16.8 Å². The van der Waals surface area contributed by atoms with Gasteiger partial charge in [0.15, 0.2) is 0 Å². The Morgan fingerprint density at radius 3 is 1.38 bits per heavy atom. The van der Waals surface area contributed by atoms with Gasteiger partial charge in [0.25, 0.3) is 0 Å². The van der Waals surface area contributed by atoms with Crippen molar-refractivity contribution in [3.63, 3.8) is 0 Å². The van der Waals surface area contributed by atoms with E-state index in [9.17, 15) is 16.8 Å². The normalized spacial score (nSPS) is 25.9. The van der Waals surface area contributed by atoms with Crippen LogP contribution in [-0.2, 0) is 0 Å². The Morgan fingerprint density at radius 2 is 1.06 bits per heavy atom. The van der Waals surface area contributed by atoms with E-state index in [4.69, 9.17) is 0 Å². The molecular formula is C4H12F4N5P3. The van der Waals surface area contributed by atoms with Crippen molar-refractivity contribution in [1.82, 2.24) is 9.34 Å². The van der Waals surface area contributed by atoms with Gasteiger partial charge in [0.1, 0.15) is 0 Å². The molecule has 0 atom stereocenters. The standard InChI is InChI=1S/C4H12F4N5P3/c1-12(2)16(13(3)4)10-14(5,6)9-15(7,8)11-16/h1-4H3. The van der Waals surface area contributed by atoms with Gasteiger partial charge < -0.3 is 0 Å². The van der Waals surface area contributed by atoms with E-state index in [-0.39, 0.29) is 0 Å². The minimum Gasteiger partial charge on any atom is -0.246 e. The number of nitrogens with zero attached hydrogens (tertiary/aromatic N) is 5. The van der Waals surface area contributed by atoms with Gasteiger partial charge in [-0.05, 0) is 28.2 Å². The zero-order valence-corrected chi connectivity index (χ0v) is 11.8. The fraction of sp³-hybridized carbons (Fsp3) is 1.00. The smallest absolute Gasteiger partial charge is 0.246 e. The molecule has 0 amide bonds.